The number of benzene rings is 1. The van der Waals surface area contributed by atoms with Crippen molar-refractivity contribution < 1.29 is 24.3 Å². The summed E-state index contributed by atoms with van der Waals surface area (Å²) in [7, 11) is 4.31. The third-order valence-corrected chi connectivity index (χ3v) is 8.83. The molecule has 0 aromatic heterocycles. The van der Waals surface area contributed by atoms with E-state index >= 15 is 0 Å². The van der Waals surface area contributed by atoms with Gasteiger partial charge in [-0.25, -0.2) is 4.79 Å². The number of aromatic hydroxyl groups is 1. The Morgan fingerprint density at radius 1 is 0.659 bits per heavy atom. The second kappa shape index (κ2) is 22.7. The maximum Gasteiger partial charge on any atom is 0.339 e. The fraction of sp³-hybridized carbons (Fsp3) is 0.778. The first-order valence-electron chi connectivity index (χ1n) is 17.2. The number of carboxylic acids is 1. The molecule has 2 N–H and O–H groups in total. The van der Waals surface area contributed by atoms with Crippen LogP contribution in [0.15, 0.2) is 18.2 Å². The molecule has 0 aliphatic rings. The molecule has 0 aliphatic heterocycles. The molecule has 236 valence electrons. The van der Waals surface area contributed by atoms with Gasteiger partial charge in [0, 0.05) is 12.0 Å². The fourth-order valence-electron chi connectivity index (χ4n) is 6.02. The van der Waals surface area contributed by atoms with Gasteiger partial charge in [0.05, 0.1) is 20.6 Å². The largest absolute Gasteiger partial charge is 0.507 e. The quantitative estimate of drug-likeness (QED) is 0.0622. The number of likely N-dealkylation sites (N-methyl/N-ethyl adjacent to an activating group) is 1. The van der Waals surface area contributed by atoms with E-state index in [0.29, 0.717) is 10.0 Å². The maximum absolute atomic E-state index is 13.7. The summed E-state index contributed by atoms with van der Waals surface area (Å²) < 4.78 is 0.621. The first kappa shape index (κ1) is 37.1. The Hall–Kier alpha value is -1.88. The van der Waals surface area contributed by atoms with Gasteiger partial charge in [-0.3, -0.25) is 4.79 Å². The first-order chi connectivity index (χ1) is 19.7. The molecule has 41 heavy (non-hydrogen) atoms. The Morgan fingerprint density at radius 2 is 1.07 bits per heavy atom. The highest BCUT2D eigenvalue weighted by Gasteiger charge is 2.35. The predicted octanol–water partition coefficient (Wildman–Crippen LogP) is 10.3. The molecule has 1 aromatic carbocycles. The van der Waals surface area contributed by atoms with E-state index in [2.05, 4.69) is 27.9 Å². The van der Waals surface area contributed by atoms with E-state index in [4.69, 9.17) is 0 Å². The minimum Gasteiger partial charge on any atom is -0.507 e. The van der Waals surface area contributed by atoms with Gasteiger partial charge in [-0.15, -0.1) is 0 Å². The molecule has 1 unspecified atom stereocenters. The second-order valence-electron chi connectivity index (χ2n) is 12.9. The molecule has 0 amide bonds. The number of nitrogens with zero attached hydrogens (tertiary/aromatic N) is 1. The molecule has 0 aliphatic carbocycles. The molecule has 1 aromatic rings. The molecule has 0 fully saturated rings. The van der Waals surface area contributed by atoms with Crippen LogP contribution in [0.5, 0.6) is 5.75 Å². The van der Waals surface area contributed by atoms with Crippen LogP contribution in [-0.4, -0.2) is 53.1 Å². The number of rotatable bonds is 27. The van der Waals surface area contributed by atoms with Crippen molar-refractivity contribution >= 4 is 11.8 Å². The first-order valence-corrected chi connectivity index (χ1v) is 17.2. The number of quaternary nitrogens is 1. The van der Waals surface area contributed by atoms with Gasteiger partial charge in [-0.1, -0.05) is 129 Å². The highest BCUT2D eigenvalue weighted by molar-refractivity contribution is 6.02. The van der Waals surface area contributed by atoms with Crippen LogP contribution >= 0.6 is 0 Å². The van der Waals surface area contributed by atoms with Crippen LogP contribution in [0.1, 0.15) is 176 Å². The summed E-state index contributed by atoms with van der Waals surface area (Å²) in [5, 5.41) is 19.4. The molecular formula is C36H64NO4+. The minimum absolute atomic E-state index is 0.00570. The summed E-state index contributed by atoms with van der Waals surface area (Å²) in [6, 6.07) is 4.06. The number of hydrogen-bond acceptors (Lipinski definition) is 3. The van der Waals surface area contributed by atoms with Crippen molar-refractivity contribution in [3.05, 3.63) is 29.3 Å². The van der Waals surface area contributed by atoms with E-state index in [1.54, 1.807) is 6.07 Å². The van der Waals surface area contributed by atoms with Crippen molar-refractivity contribution in [2.45, 2.75) is 161 Å². The number of ketones is 1. The van der Waals surface area contributed by atoms with Crippen LogP contribution in [0.4, 0.5) is 0 Å². The average Bonchev–Trinajstić information content (AvgIpc) is 2.94. The lowest BCUT2D eigenvalue weighted by Gasteiger charge is -2.37. The van der Waals surface area contributed by atoms with Crippen molar-refractivity contribution in [2.75, 3.05) is 20.6 Å². The maximum atomic E-state index is 13.7. The lowest BCUT2D eigenvalue weighted by atomic mass is 9.94. The minimum atomic E-state index is -1.21. The van der Waals surface area contributed by atoms with Gasteiger partial charge in [0.25, 0.3) is 0 Å². The van der Waals surface area contributed by atoms with Gasteiger partial charge in [-0.05, 0) is 37.5 Å². The summed E-state index contributed by atoms with van der Waals surface area (Å²) in [6.07, 6.45) is 27.9. The van der Waals surface area contributed by atoms with Gasteiger partial charge in [0.1, 0.15) is 11.3 Å². The Morgan fingerprint density at radius 3 is 1.51 bits per heavy atom. The zero-order chi connectivity index (χ0) is 30.3. The van der Waals surface area contributed by atoms with E-state index in [9.17, 15) is 19.8 Å². The van der Waals surface area contributed by atoms with Gasteiger partial charge in [0.15, 0.2) is 6.04 Å². The van der Waals surface area contributed by atoms with Crippen LogP contribution in [0.3, 0.4) is 0 Å². The SMILES string of the molecule is CCCCCCCCCCCCCCCC[N+](C)(C)C(CCCCCCCCC)C(=O)c1ccc(O)c(C(=O)O)c1. The Balaban J connectivity index is 2.53. The second-order valence-corrected chi connectivity index (χ2v) is 12.9. The van der Waals surface area contributed by atoms with Crippen molar-refractivity contribution in [3.8, 4) is 5.75 Å². The van der Waals surface area contributed by atoms with E-state index < -0.39 is 5.97 Å². The average molecular weight is 575 g/mol. The number of carboxylic acid groups (broad SMARTS) is 1. The summed E-state index contributed by atoms with van der Waals surface area (Å²) in [5.74, 6) is -1.51. The number of hydrogen-bond donors (Lipinski definition) is 2. The summed E-state index contributed by atoms with van der Waals surface area (Å²) >= 11 is 0. The van der Waals surface area contributed by atoms with Crippen molar-refractivity contribution in [1.29, 1.82) is 0 Å². The van der Waals surface area contributed by atoms with E-state index in [0.717, 1.165) is 32.2 Å². The number of unbranched alkanes of at least 4 members (excludes halogenated alkanes) is 19. The van der Waals surface area contributed by atoms with E-state index in [-0.39, 0.29) is 23.1 Å². The third kappa shape index (κ3) is 16.4. The monoisotopic (exact) mass is 574 g/mol. The van der Waals surface area contributed by atoms with Gasteiger partial charge in [0.2, 0.25) is 5.78 Å². The summed E-state index contributed by atoms with van der Waals surface area (Å²) in [6.45, 7) is 5.44. The van der Waals surface area contributed by atoms with Gasteiger partial charge in [-0.2, -0.15) is 0 Å². The van der Waals surface area contributed by atoms with Crippen LogP contribution in [0.2, 0.25) is 0 Å². The Labute approximate surface area is 252 Å². The Bertz CT molecular complexity index is 835. The van der Waals surface area contributed by atoms with Crippen molar-refractivity contribution in [2.24, 2.45) is 0 Å². The number of Topliss-reactive ketones (excluding diaryl/α,β-unsaturated/α-hetero) is 1. The molecule has 0 saturated heterocycles. The molecular weight excluding hydrogens is 510 g/mol. The van der Waals surface area contributed by atoms with Crippen LogP contribution in [0, 0.1) is 0 Å². The standard InChI is InChI=1S/C36H63NO4/c1-5-7-9-11-13-14-15-16-17-18-19-21-23-25-29-37(3,4)33(26-24-22-20-12-10-8-6-2)35(39)31-27-28-34(38)32(30-31)36(40)41/h27-28,30,33H,5-26,29H2,1-4H3,(H-,38,39,40,41)/p+1. The molecule has 0 heterocycles. The molecule has 0 bridgehead atoms. The topological polar surface area (TPSA) is 74.6 Å². The number of aromatic carboxylic acids is 1. The summed E-state index contributed by atoms with van der Waals surface area (Å²) in [5.41, 5.74) is 0.183. The number of carbonyl (C=O) groups excluding carboxylic acids is 1. The predicted molar refractivity (Wildman–Crippen MR) is 173 cm³/mol. The fourth-order valence-corrected chi connectivity index (χ4v) is 6.02. The zero-order valence-corrected chi connectivity index (χ0v) is 27.2. The van der Waals surface area contributed by atoms with E-state index in [1.165, 1.54) is 128 Å². The smallest absolute Gasteiger partial charge is 0.339 e. The van der Waals surface area contributed by atoms with Gasteiger partial charge < -0.3 is 14.7 Å². The Kier molecular flexibility index (Phi) is 20.6. The number of phenols is 1. The highest BCUT2D eigenvalue weighted by Crippen LogP contribution is 2.25. The molecule has 0 radical (unpaired) electrons. The van der Waals surface area contributed by atoms with Crippen LogP contribution < -0.4 is 0 Å². The van der Waals surface area contributed by atoms with Crippen molar-refractivity contribution in [1.82, 2.24) is 0 Å². The molecule has 5 heteroatoms. The molecule has 0 spiro atoms. The lowest BCUT2D eigenvalue weighted by Crippen LogP contribution is -2.53. The highest BCUT2D eigenvalue weighted by atomic mass is 16.4. The van der Waals surface area contributed by atoms with Crippen LogP contribution in [-0.2, 0) is 0 Å². The van der Waals surface area contributed by atoms with Crippen LogP contribution in [0.25, 0.3) is 0 Å². The lowest BCUT2D eigenvalue weighted by molar-refractivity contribution is -0.905. The summed E-state index contributed by atoms with van der Waals surface area (Å²) in [4.78, 5) is 25.3. The molecule has 1 atom stereocenters. The van der Waals surface area contributed by atoms with Gasteiger partial charge >= 0.3 is 5.97 Å². The molecule has 5 nitrogen and oxygen atoms in total. The van der Waals surface area contributed by atoms with E-state index in [1.807, 2.05) is 0 Å². The third-order valence-electron chi connectivity index (χ3n) is 8.83. The molecule has 1 rings (SSSR count). The molecule has 0 saturated carbocycles. The van der Waals surface area contributed by atoms with Crippen molar-refractivity contribution in [3.63, 3.8) is 0 Å². The normalized spacial score (nSPS) is 12.5. The number of carbonyl (C=O) groups is 2. The zero-order valence-electron chi connectivity index (χ0n) is 27.2.